The highest BCUT2D eigenvalue weighted by Crippen LogP contribution is 2.21. The van der Waals surface area contributed by atoms with Gasteiger partial charge in [-0.05, 0) is 57.7 Å². The van der Waals surface area contributed by atoms with Gasteiger partial charge in [-0.25, -0.2) is 4.79 Å². The van der Waals surface area contributed by atoms with Gasteiger partial charge in [-0.1, -0.05) is 24.6 Å². The van der Waals surface area contributed by atoms with Gasteiger partial charge in [0, 0.05) is 0 Å². The van der Waals surface area contributed by atoms with E-state index in [-0.39, 0.29) is 24.3 Å². The summed E-state index contributed by atoms with van der Waals surface area (Å²) in [4.78, 5) is 11.5. The Morgan fingerprint density at radius 3 is 2.43 bits per heavy atom. The number of esters is 1. The summed E-state index contributed by atoms with van der Waals surface area (Å²) in [5, 5.41) is 0. The van der Waals surface area contributed by atoms with E-state index in [1.807, 2.05) is 30.3 Å². The molecule has 0 aromatic heterocycles. The predicted octanol–water partition coefficient (Wildman–Crippen LogP) is 1.90. The molecule has 28 heavy (non-hydrogen) atoms. The van der Waals surface area contributed by atoms with Crippen molar-refractivity contribution >= 4 is 5.97 Å². The van der Waals surface area contributed by atoms with Crippen molar-refractivity contribution < 1.29 is 19.0 Å². The average molecular weight is 395 g/mol. The monoisotopic (exact) mass is 394 g/mol. The van der Waals surface area contributed by atoms with E-state index in [0.29, 0.717) is 13.2 Å². The minimum atomic E-state index is -0.594. The molecule has 0 heterocycles. The fourth-order valence-electron chi connectivity index (χ4n) is 2.65. The van der Waals surface area contributed by atoms with E-state index in [4.69, 9.17) is 31.5 Å². The van der Waals surface area contributed by atoms with E-state index in [9.17, 15) is 4.79 Å². The first-order chi connectivity index (χ1) is 13.6. The molecule has 158 valence electrons. The van der Waals surface area contributed by atoms with Crippen LogP contribution in [0.2, 0.25) is 0 Å². The summed E-state index contributed by atoms with van der Waals surface area (Å²) in [6.45, 7) is 3.37. The van der Waals surface area contributed by atoms with Gasteiger partial charge in [-0.15, -0.1) is 0 Å². The Morgan fingerprint density at radius 1 is 1.18 bits per heavy atom. The smallest absolute Gasteiger partial charge is 0.361 e. The van der Waals surface area contributed by atoms with Crippen LogP contribution in [0.1, 0.15) is 45.4 Å². The van der Waals surface area contributed by atoms with Crippen molar-refractivity contribution in [1.29, 1.82) is 0 Å². The summed E-state index contributed by atoms with van der Waals surface area (Å²) in [7, 11) is 0. The number of para-hydroxylation sites is 1. The normalized spacial score (nSPS) is 14.8. The Morgan fingerprint density at radius 2 is 1.86 bits per heavy atom. The Bertz CT molecular complexity index is 575. The standard InChI is InChI=1S/C11H21N3O3.C9H13NO/c1-2-16-11(15)9(14-13)10(12)17-8-6-4-3-5-7-8;10-7-4-8-11-9-5-2-1-3-6-9/h8,14H,2-7,12-13H2,1H3;1-3,5-6H,4,7-8,10H2/b10-9+;. The first-order valence-electron chi connectivity index (χ1n) is 9.80. The van der Waals surface area contributed by atoms with Gasteiger partial charge in [-0.2, -0.15) is 0 Å². The molecular formula is C20H34N4O4. The number of hydrazine groups is 1. The summed E-state index contributed by atoms with van der Waals surface area (Å²) < 4.78 is 15.7. The van der Waals surface area contributed by atoms with Gasteiger partial charge in [0.05, 0.1) is 13.2 Å². The van der Waals surface area contributed by atoms with Crippen LogP contribution in [0, 0.1) is 0 Å². The first-order valence-corrected chi connectivity index (χ1v) is 9.80. The van der Waals surface area contributed by atoms with Gasteiger partial charge >= 0.3 is 5.97 Å². The van der Waals surface area contributed by atoms with Crippen LogP contribution in [-0.2, 0) is 14.3 Å². The summed E-state index contributed by atoms with van der Waals surface area (Å²) in [6.07, 6.45) is 6.38. The van der Waals surface area contributed by atoms with Crippen LogP contribution in [0.15, 0.2) is 41.9 Å². The van der Waals surface area contributed by atoms with E-state index >= 15 is 0 Å². The molecule has 0 spiro atoms. The number of carbonyl (C=O) groups is 1. The SMILES string of the molecule is CCOC(=O)/C(NN)=C(/N)OC1CCCCC1.NCCCOc1ccccc1. The zero-order valence-electron chi connectivity index (χ0n) is 16.7. The minimum Gasteiger partial charge on any atom is -0.494 e. The molecule has 0 amide bonds. The van der Waals surface area contributed by atoms with E-state index in [0.717, 1.165) is 37.9 Å². The number of carbonyl (C=O) groups excluding carboxylic acids is 1. The zero-order valence-corrected chi connectivity index (χ0v) is 16.7. The molecule has 0 aliphatic heterocycles. The number of benzene rings is 1. The van der Waals surface area contributed by atoms with Crippen molar-refractivity contribution in [2.45, 2.75) is 51.6 Å². The third-order valence-corrected chi connectivity index (χ3v) is 4.08. The van der Waals surface area contributed by atoms with Gasteiger partial charge in [0.15, 0.2) is 5.70 Å². The Kier molecular flexibility index (Phi) is 12.3. The Labute approximate surface area is 167 Å². The second-order valence-corrected chi connectivity index (χ2v) is 6.29. The largest absolute Gasteiger partial charge is 0.494 e. The quantitative estimate of drug-likeness (QED) is 0.125. The lowest BCUT2D eigenvalue weighted by molar-refractivity contribution is -0.139. The highest BCUT2D eigenvalue weighted by atomic mass is 16.5. The lowest BCUT2D eigenvalue weighted by atomic mass is 9.98. The number of hydrogen-bond acceptors (Lipinski definition) is 8. The highest BCUT2D eigenvalue weighted by Gasteiger charge is 2.20. The van der Waals surface area contributed by atoms with Crippen LogP contribution in [0.4, 0.5) is 0 Å². The van der Waals surface area contributed by atoms with Crippen molar-refractivity contribution in [3.05, 3.63) is 41.9 Å². The number of nitrogens with one attached hydrogen (secondary N) is 1. The zero-order chi connectivity index (χ0) is 20.6. The minimum absolute atomic E-state index is 0.0119. The van der Waals surface area contributed by atoms with Crippen LogP contribution in [0.5, 0.6) is 5.75 Å². The van der Waals surface area contributed by atoms with E-state index in [1.54, 1.807) is 6.92 Å². The van der Waals surface area contributed by atoms with E-state index in [2.05, 4.69) is 5.43 Å². The van der Waals surface area contributed by atoms with Crippen LogP contribution in [0.3, 0.4) is 0 Å². The van der Waals surface area contributed by atoms with Crippen molar-refractivity contribution in [1.82, 2.24) is 5.43 Å². The predicted molar refractivity (Wildman–Crippen MR) is 109 cm³/mol. The van der Waals surface area contributed by atoms with Crippen LogP contribution in [0.25, 0.3) is 0 Å². The fraction of sp³-hybridized carbons (Fsp3) is 0.550. The molecular weight excluding hydrogens is 360 g/mol. The van der Waals surface area contributed by atoms with Crippen LogP contribution >= 0.6 is 0 Å². The van der Waals surface area contributed by atoms with Crippen molar-refractivity contribution in [2.75, 3.05) is 19.8 Å². The molecule has 8 heteroatoms. The molecule has 1 aliphatic carbocycles. The second-order valence-electron chi connectivity index (χ2n) is 6.29. The van der Waals surface area contributed by atoms with E-state index < -0.39 is 5.97 Å². The topological polar surface area (TPSA) is 135 Å². The molecule has 0 atom stereocenters. The van der Waals surface area contributed by atoms with Crippen LogP contribution < -0.4 is 27.5 Å². The molecule has 1 aromatic rings. The molecule has 2 rings (SSSR count). The van der Waals surface area contributed by atoms with E-state index in [1.165, 1.54) is 6.42 Å². The molecule has 0 bridgehead atoms. The number of hydrogen-bond donors (Lipinski definition) is 4. The molecule has 1 saturated carbocycles. The summed E-state index contributed by atoms with van der Waals surface area (Å²) in [6, 6.07) is 9.76. The molecule has 0 unspecified atom stereocenters. The van der Waals surface area contributed by atoms with Gasteiger partial charge in [0.1, 0.15) is 11.9 Å². The third kappa shape index (κ3) is 9.48. The maximum atomic E-state index is 11.5. The van der Waals surface area contributed by atoms with Crippen molar-refractivity contribution in [3.63, 3.8) is 0 Å². The number of ether oxygens (including phenoxy) is 3. The van der Waals surface area contributed by atoms with Crippen LogP contribution in [-0.4, -0.2) is 31.8 Å². The summed E-state index contributed by atoms with van der Waals surface area (Å²) in [5.74, 6) is 5.58. The molecule has 1 aromatic carbocycles. The summed E-state index contributed by atoms with van der Waals surface area (Å²) in [5.41, 5.74) is 13.2. The molecule has 7 N–H and O–H groups in total. The molecule has 1 fully saturated rings. The van der Waals surface area contributed by atoms with Crippen molar-refractivity contribution in [3.8, 4) is 5.75 Å². The maximum absolute atomic E-state index is 11.5. The second kappa shape index (κ2) is 14.6. The number of nitrogens with two attached hydrogens (primary N) is 3. The molecule has 0 radical (unpaired) electrons. The fourth-order valence-corrected chi connectivity index (χ4v) is 2.65. The van der Waals surface area contributed by atoms with Gasteiger partial charge in [0.25, 0.3) is 0 Å². The average Bonchev–Trinajstić information content (AvgIpc) is 2.71. The molecule has 1 aliphatic rings. The molecule has 8 nitrogen and oxygen atoms in total. The lowest BCUT2D eigenvalue weighted by Gasteiger charge is -2.23. The highest BCUT2D eigenvalue weighted by molar-refractivity contribution is 5.88. The maximum Gasteiger partial charge on any atom is 0.361 e. The molecule has 0 saturated heterocycles. The first kappa shape index (κ1) is 23.6. The third-order valence-electron chi connectivity index (χ3n) is 4.08. The lowest BCUT2D eigenvalue weighted by Crippen LogP contribution is -2.33. The Balaban J connectivity index is 0.000000307. The number of rotatable bonds is 9. The van der Waals surface area contributed by atoms with Crippen molar-refractivity contribution in [2.24, 2.45) is 17.3 Å². The van der Waals surface area contributed by atoms with Gasteiger partial charge in [0.2, 0.25) is 5.88 Å². The summed E-state index contributed by atoms with van der Waals surface area (Å²) >= 11 is 0. The van der Waals surface area contributed by atoms with Gasteiger partial charge < -0.3 is 31.1 Å². The van der Waals surface area contributed by atoms with Gasteiger partial charge in [-0.3, -0.25) is 5.84 Å². The Hall–Kier alpha value is -2.45.